The topological polar surface area (TPSA) is 93.5 Å². The molecule has 0 bridgehead atoms. The lowest BCUT2D eigenvalue weighted by Crippen LogP contribution is -2.32. The molecular formula is C25H26F3N3O4. The number of nitrogens with zero attached hydrogens (tertiary/aromatic N) is 2. The van der Waals surface area contributed by atoms with Crippen molar-refractivity contribution in [1.82, 2.24) is 15.1 Å². The molecule has 1 amide bonds. The molecule has 1 aromatic heterocycles. The van der Waals surface area contributed by atoms with Crippen LogP contribution in [0.3, 0.4) is 0 Å². The normalized spacial score (nSPS) is 14.9. The predicted molar refractivity (Wildman–Crippen MR) is 122 cm³/mol. The fourth-order valence-electron chi connectivity index (χ4n) is 3.69. The Kier molecular flexibility index (Phi) is 8.29. The second kappa shape index (κ2) is 11.2. The molecule has 2 heterocycles. The molecule has 2 N–H and O–H groups in total. The number of hydrogen-bond donors (Lipinski definition) is 2. The molecule has 4 rings (SSSR count). The number of nitrogens with one attached hydrogen (secondary N) is 1. The van der Waals surface area contributed by atoms with Crippen LogP contribution in [0.25, 0.3) is 0 Å². The predicted octanol–water partition coefficient (Wildman–Crippen LogP) is 4.23. The lowest BCUT2D eigenvalue weighted by Gasteiger charge is -2.22. The van der Waals surface area contributed by atoms with Crippen molar-refractivity contribution in [2.24, 2.45) is 0 Å². The van der Waals surface area contributed by atoms with Crippen LogP contribution in [0.4, 0.5) is 13.2 Å². The molecule has 2 aromatic carbocycles. The molecule has 7 nitrogen and oxygen atoms in total. The van der Waals surface area contributed by atoms with Crippen LogP contribution in [0.15, 0.2) is 54.7 Å². The number of carboxylic acids is 1. The minimum atomic E-state index is -5.08. The number of benzene rings is 2. The Hall–Kier alpha value is -3.66. The minimum absolute atomic E-state index is 0.0723. The Morgan fingerprint density at radius 2 is 1.86 bits per heavy atom. The first-order chi connectivity index (χ1) is 16.5. The van der Waals surface area contributed by atoms with Gasteiger partial charge in [-0.3, -0.25) is 9.48 Å². The molecule has 0 aliphatic carbocycles. The van der Waals surface area contributed by atoms with Crippen LogP contribution in [-0.2, 0) is 22.5 Å². The van der Waals surface area contributed by atoms with Gasteiger partial charge in [0.15, 0.2) is 0 Å². The van der Waals surface area contributed by atoms with E-state index in [4.69, 9.17) is 19.7 Å². The average Bonchev–Trinajstić information content (AvgIpc) is 3.21. The van der Waals surface area contributed by atoms with Crippen LogP contribution in [0.5, 0.6) is 0 Å². The molecule has 0 fully saturated rings. The first-order valence-corrected chi connectivity index (χ1v) is 10.9. The Labute approximate surface area is 200 Å². The number of rotatable bonds is 5. The van der Waals surface area contributed by atoms with Gasteiger partial charge in [0, 0.05) is 18.3 Å². The molecular weight excluding hydrogens is 463 g/mol. The maximum atomic E-state index is 12.6. The van der Waals surface area contributed by atoms with Crippen molar-refractivity contribution in [3.05, 3.63) is 88.2 Å². The second-order valence-electron chi connectivity index (χ2n) is 8.16. The summed E-state index contributed by atoms with van der Waals surface area (Å²) in [6.07, 6.45) is -2.34. The molecule has 10 heteroatoms. The number of carbonyl (C=O) groups is 2. The highest BCUT2D eigenvalue weighted by Crippen LogP contribution is 2.25. The van der Waals surface area contributed by atoms with E-state index in [0.29, 0.717) is 18.7 Å². The maximum Gasteiger partial charge on any atom is 0.490 e. The van der Waals surface area contributed by atoms with Crippen molar-refractivity contribution >= 4 is 11.9 Å². The van der Waals surface area contributed by atoms with Crippen molar-refractivity contribution in [3.8, 4) is 0 Å². The van der Waals surface area contributed by atoms with Gasteiger partial charge in [0.1, 0.15) is 6.10 Å². The SMILES string of the molecule is Cc1ccc(C(=O)NCC2OCCc3cn(Cc4ccccc4)nc32)c(C)c1.O=C(O)C(F)(F)F. The number of aromatic nitrogens is 2. The van der Waals surface area contributed by atoms with Gasteiger partial charge in [-0.25, -0.2) is 4.79 Å². The minimum Gasteiger partial charge on any atom is -0.475 e. The summed E-state index contributed by atoms with van der Waals surface area (Å²) < 4.78 is 39.6. The molecule has 3 aromatic rings. The van der Waals surface area contributed by atoms with E-state index < -0.39 is 12.1 Å². The molecule has 0 saturated heterocycles. The van der Waals surface area contributed by atoms with Gasteiger partial charge in [-0.1, -0.05) is 48.0 Å². The van der Waals surface area contributed by atoms with E-state index >= 15 is 0 Å². The fourth-order valence-corrected chi connectivity index (χ4v) is 3.69. The van der Waals surface area contributed by atoms with E-state index in [-0.39, 0.29) is 12.0 Å². The van der Waals surface area contributed by atoms with Crippen LogP contribution in [0.2, 0.25) is 0 Å². The quantitative estimate of drug-likeness (QED) is 0.560. The largest absolute Gasteiger partial charge is 0.490 e. The summed E-state index contributed by atoms with van der Waals surface area (Å²) in [5.74, 6) is -2.83. The number of amides is 1. The van der Waals surface area contributed by atoms with Gasteiger partial charge in [-0.15, -0.1) is 0 Å². The van der Waals surface area contributed by atoms with Crippen molar-refractivity contribution < 1.29 is 32.6 Å². The monoisotopic (exact) mass is 489 g/mol. The second-order valence-corrected chi connectivity index (χ2v) is 8.16. The molecule has 1 atom stereocenters. The third kappa shape index (κ3) is 7.16. The molecule has 1 aliphatic rings. The number of ether oxygens (including phenoxy) is 1. The molecule has 186 valence electrons. The average molecular weight is 489 g/mol. The Morgan fingerprint density at radius 1 is 1.17 bits per heavy atom. The van der Waals surface area contributed by atoms with Gasteiger partial charge in [-0.2, -0.15) is 18.3 Å². The Morgan fingerprint density at radius 3 is 2.49 bits per heavy atom. The fraction of sp³-hybridized carbons (Fsp3) is 0.320. The van der Waals surface area contributed by atoms with E-state index in [0.717, 1.165) is 29.8 Å². The number of aryl methyl sites for hydroxylation is 2. The summed E-state index contributed by atoms with van der Waals surface area (Å²) in [6.45, 7) is 5.78. The Bertz CT molecular complexity index is 1180. The highest BCUT2D eigenvalue weighted by molar-refractivity contribution is 5.95. The number of halogens is 3. The van der Waals surface area contributed by atoms with Crippen LogP contribution in [-0.4, -0.2) is 46.1 Å². The zero-order chi connectivity index (χ0) is 25.6. The van der Waals surface area contributed by atoms with Gasteiger partial charge in [-0.05, 0) is 43.0 Å². The lowest BCUT2D eigenvalue weighted by molar-refractivity contribution is -0.192. The summed E-state index contributed by atoms with van der Waals surface area (Å²) in [6, 6.07) is 16.1. The summed E-state index contributed by atoms with van der Waals surface area (Å²) in [4.78, 5) is 21.5. The number of hydrogen-bond acceptors (Lipinski definition) is 4. The summed E-state index contributed by atoms with van der Waals surface area (Å²) in [5.41, 5.74) is 6.18. The van der Waals surface area contributed by atoms with E-state index in [1.54, 1.807) is 0 Å². The van der Waals surface area contributed by atoms with E-state index in [2.05, 4.69) is 23.6 Å². The summed E-state index contributed by atoms with van der Waals surface area (Å²) in [7, 11) is 0. The highest BCUT2D eigenvalue weighted by atomic mass is 19.4. The van der Waals surface area contributed by atoms with E-state index in [9.17, 15) is 18.0 Å². The third-order valence-corrected chi connectivity index (χ3v) is 5.37. The van der Waals surface area contributed by atoms with Crippen LogP contribution in [0, 0.1) is 13.8 Å². The van der Waals surface area contributed by atoms with Crippen molar-refractivity contribution in [2.45, 2.75) is 39.1 Å². The maximum absolute atomic E-state index is 12.6. The molecule has 0 spiro atoms. The van der Waals surface area contributed by atoms with Gasteiger partial charge in [0.25, 0.3) is 5.91 Å². The number of aliphatic carboxylic acids is 1. The number of carboxylic acid groups (broad SMARTS) is 1. The molecule has 0 saturated carbocycles. The molecule has 35 heavy (non-hydrogen) atoms. The molecule has 0 radical (unpaired) electrons. The lowest BCUT2D eigenvalue weighted by atomic mass is 10.0. The number of alkyl halides is 3. The summed E-state index contributed by atoms with van der Waals surface area (Å²) in [5, 5.41) is 14.9. The number of fused-ring (bicyclic) bond motifs is 1. The van der Waals surface area contributed by atoms with E-state index in [1.165, 1.54) is 11.1 Å². The third-order valence-electron chi connectivity index (χ3n) is 5.37. The Balaban J connectivity index is 0.000000429. The van der Waals surface area contributed by atoms with Crippen LogP contribution >= 0.6 is 0 Å². The van der Waals surface area contributed by atoms with Gasteiger partial charge >= 0.3 is 12.1 Å². The smallest absolute Gasteiger partial charge is 0.475 e. The molecule has 1 unspecified atom stereocenters. The first-order valence-electron chi connectivity index (χ1n) is 10.9. The summed E-state index contributed by atoms with van der Waals surface area (Å²) >= 11 is 0. The van der Waals surface area contributed by atoms with Gasteiger partial charge < -0.3 is 15.2 Å². The van der Waals surface area contributed by atoms with E-state index in [1.807, 2.05) is 54.9 Å². The van der Waals surface area contributed by atoms with Crippen molar-refractivity contribution in [3.63, 3.8) is 0 Å². The van der Waals surface area contributed by atoms with Crippen LogP contribution < -0.4 is 5.32 Å². The van der Waals surface area contributed by atoms with Gasteiger partial charge in [0.05, 0.1) is 18.8 Å². The standard InChI is InChI=1S/C23H25N3O2.C2HF3O2/c1-16-8-9-20(17(2)12-16)23(27)24-13-21-22-19(10-11-28-21)15-26(25-22)14-18-6-4-3-5-7-18;3-2(4,5)1(6)7/h3-9,12,15,21H,10-11,13-14H2,1-2H3,(H,24,27);(H,6,7). The zero-order valence-electron chi connectivity index (χ0n) is 19.3. The van der Waals surface area contributed by atoms with Gasteiger partial charge in [0.2, 0.25) is 0 Å². The van der Waals surface area contributed by atoms with Crippen molar-refractivity contribution in [1.29, 1.82) is 0 Å². The zero-order valence-corrected chi connectivity index (χ0v) is 19.3. The first kappa shape index (κ1) is 26.0. The molecule has 1 aliphatic heterocycles. The highest BCUT2D eigenvalue weighted by Gasteiger charge is 2.38. The van der Waals surface area contributed by atoms with Crippen LogP contribution in [0.1, 0.15) is 44.4 Å². The van der Waals surface area contributed by atoms with Crippen molar-refractivity contribution in [2.75, 3.05) is 13.2 Å². The number of carbonyl (C=O) groups excluding carboxylic acids is 1.